The van der Waals surface area contributed by atoms with E-state index in [1.807, 2.05) is 0 Å². The van der Waals surface area contributed by atoms with E-state index in [-0.39, 0.29) is 17.5 Å². The normalized spacial score (nSPS) is 13.8. The van der Waals surface area contributed by atoms with Crippen molar-refractivity contribution >= 4 is 57.9 Å². The number of carbonyl (C=O) groups is 2. The van der Waals surface area contributed by atoms with E-state index < -0.39 is 0 Å². The maximum atomic E-state index is 14.0. The van der Waals surface area contributed by atoms with Crippen LogP contribution >= 0.6 is 24.0 Å². The van der Waals surface area contributed by atoms with Crippen LogP contribution in [0.3, 0.4) is 0 Å². The molecular formula is C29H17F2N7O2S2. The van der Waals surface area contributed by atoms with Gasteiger partial charge in [0.1, 0.15) is 16.0 Å². The number of fused-ring (bicyclic) bond motifs is 2. The minimum absolute atomic E-state index is 0.241. The van der Waals surface area contributed by atoms with Crippen molar-refractivity contribution in [2.75, 3.05) is 0 Å². The zero-order valence-corrected chi connectivity index (χ0v) is 22.9. The topological polar surface area (TPSA) is 107 Å². The van der Waals surface area contributed by atoms with E-state index in [1.54, 1.807) is 77.7 Å². The Bertz CT molecular complexity index is 2050. The van der Waals surface area contributed by atoms with Gasteiger partial charge in [0.05, 0.1) is 34.3 Å². The lowest BCUT2D eigenvalue weighted by Gasteiger charge is -2.03. The molecule has 1 aliphatic rings. The molecule has 0 unspecified atom stereocenters. The first-order valence-corrected chi connectivity index (χ1v) is 13.5. The fourth-order valence-corrected chi connectivity index (χ4v) is 5.19. The van der Waals surface area contributed by atoms with Gasteiger partial charge in [-0.15, -0.1) is 0 Å². The number of carbonyl (C=O) groups excluding carboxylic acids is 2. The van der Waals surface area contributed by atoms with Gasteiger partial charge in [-0.05, 0) is 42.5 Å². The molecule has 1 saturated heterocycles. The molecule has 6 aromatic rings. The molecule has 0 radical (unpaired) electrons. The Morgan fingerprint density at radius 1 is 0.786 bits per heavy atom. The number of nitrogens with zero attached hydrogens (tertiary/aromatic N) is 6. The molecule has 0 aliphatic carbocycles. The second kappa shape index (κ2) is 11.4. The Labute approximate surface area is 245 Å². The van der Waals surface area contributed by atoms with Crippen molar-refractivity contribution in [1.29, 1.82) is 0 Å². The van der Waals surface area contributed by atoms with Crippen LogP contribution < -0.4 is 5.32 Å². The van der Waals surface area contributed by atoms with Crippen LogP contribution in [0.5, 0.6) is 0 Å². The molecule has 1 fully saturated rings. The maximum Gasteiger partial charge on any atom is 0.263 e. The minimum atomic E-state index is -0.346. The molecule has 0 bridgehead atoms. The van der Waals surface area contributed by atoms with Crippen molar-refractivity contribution < 1.29 is 18.4 Å². The summed E-state index contributed by atoms with van der Waals surface area (Å²) < 4.78 is 31.1. The third kappa shape index (κ3) is 5.30. The van der Waals surface area contributed by atoms with E-state index in [2.05, 4.69) is 25.5 Å². The number of thiocarbonyl (C=S) groups is 1. The highest BCUT2D eigenvalue weighted by Gasteiger charge is 2.23. The number of hydrogen-bond donors (Lipinski definition) is 1. The molecule has 5 heterocycles. The first-order valence-electron chi connectivity index (χ1n) is 12.3. The van der Waals surface area contributed by atoms with Crippen molar-refractivity contribution in [2.24, 2.45) is 0 Å². The van der Waals surface area contributed by atoms with Gasteiger partial charge in [0.15, 0.2) is 17.6 Å². The Morgan fingerprint density at radius 2 is 1.31 bits per heavy atom. The fraction of sp³-hybridized carbons (Fsp3) is 0. The third-order valence-corrected chi connectivity index (χ3v) is 7.31. The molecule has 206 valence electrons. The SMILES string of the molecule is O=C1NC(=S)S/C1=C\c1cnn2ccc(-c3ccccc3F)nc12.O=Cc1cnn2ccc(-c3ccccc3F)nc12. The highest BCUT2D eigenvalue weighted by Crippen LogP contribution is 2.28. The van der Waals surface area contributed by atoms with Crippen molar-refractivity contribution in [3.05, 3.63) is 113 Å². The van der Waals surface area contributed by atoms with Crippen molar-refractivity contribution in [2.45, 2.75) is 0 Å². The van der Waals surface area contributed by atoms with Gasteiger partial charge in [-0.2, -0.15) is 10.2 Å². The quantitative estimate of drug-likeness (QED) is 0.164. The van der Waals surface area contributed by atoms with Gasteiger partial charge < -0.3 is 5.32 Å². The molecule has 0 spiro atoms. The summed E-state index contributed by atoms with van der Waals surface area (Å²) in [5.41, 5.74) is 3.79. The number of benzene rings is 2. The second-order valence-electron chi connectivity index (χ2n) is 8.79. The molecule has 13 heteroatoms. The zero-order chi connectivity index (χ0) is 29.2. The van der Waals surface area contributed by atoms with Crippen molar-refractivity contribution in [3.63, 3.8) is 0 Å². The predicted molar refractivity (Wildman–Crippen MR) is 158 cm³/mol. The fourth-order valence-electron chi connectivity index (χ4n) is 4.16. The van der Waals surface area contributed by atoms with E-state index in [9.17, 15) is 18.4 Å². The monoisotopic (exact) mass is 597 g/mol. The summed E-state index contributed by atoms with van der Waals surface area (Å²) in [4.78, 5) is 31.9. The summed E-state index contributed by atoms with van der Waals surface area (Å²) in [6.45, 7) is 0. The zero-order valence-electron chi connectivity index (χ0n) is 21.3. The maximum absolute atomic E-state index is 14.0. The van der Waals surface area contributed by atoms with Gasteiger partial charge in [-0.25, -0.2) is 27.8 Å². The highest BCUT2D eigenvalue weighted by molar-refractivity contribution is 8.26. The van der Waals surface area contributed by atoms with Gasteiger partial charge in [-0.1, -0.05) is 48.2 Å². The number of thioether (sulfide) groups is 1. The van der Waals surface area contributed by atoms with Crippen LogP contribution in [-0.4, -0.2) is 45.7 Å². The molecule has 9 nitrogen and oxygen atoms in total. The average molecular weight is 598 g/mol. The molecule has 1 N–H and O–H groups in total. The minimum Gasteiger partial charge on any atom is -0.307 e. The average Bonchev–Trinajstić information content (AvgIpc) is 3.69. The van der Waals surface area contributed by atoms with Gasteiger partial charge in [0.25, 0.3) is 5.91 Å². The van der Waals surface area contributed by atoms with Crippen LogP contribution in [0.2, 0.25) is 0 Å². The lowest BCUT2D eigenvalue weighted by molar-refractivity contribution is -0.115. The molecule has 0 atom stereocenters. The molecule has 42 heavy (non-hydrogen) atoms. The standard InChI is InChI=1S/C16H9FN4OS2.C13H8FN3O/c17-11-4-2-1-3-10(11)12-5-6-21-14(19-12)9(8-18-21)7-13-15(22)20-16(23)24-13;14-11-4-2-1-3-10(11)12-5-6-17-13(16-12)9(8-18)7-15-17/h1-8H,(H,20,22,23);1-8H/b13-7-;. The van der Waals surface area contributed by atoms with Crippen LogP contribution in [0.1, 0.15) is 15.9 Å². The number of amides is 1. The largest absolute Gasteiger partial charge is 0.307 e. The van der Waals surface area contributed by atoms with E-state index >= 15 is 0 Å². The van der Waals surface area contributed by atoms with Gasteiger partial charge in [-0.3, -0.25) is 9.59 Å². The third-order valence-electron chi connectivity index (χ3n) is 6.15. The van der Waals surface area contributed by atoms with Crippen LogP contribution in [0.4, 0.5) is 8.78 Å². The predicted octanol–water partition coefficient (Wildman–Crippen LogP) is 5.37. The van der Waals surface area contributed by atoms with E-state index in [0.29, 0.717) is 60.4 Å². The van der Waals surface area contributed by atoms with Gasteiger partial charge in [0.2, 0.25) is 0 Å². The highest BCUT2D eigenvalue weighted by atomic mass is 32.2. The summed E-state index contributed by atoms with van der Waals surface area (Å²) in [6, 6.07) is 16.2. The van der Waals surface area contributed by atoms with Crippen molar-refractivity contribution in [3.8, 4) is 22.5 Å². The van der Waals surface area contributed by atoms with Crippen LogP contribution in [-0.2, 0) is 4.79 Å². The summed E-state index contributed by atoms with van der Waals surface area (Å²) >= 11 is 6.17. The molecule has 1 amide bonds. The first-order chi connectivity index (χ1) is 20.4. The van der Waals surface area contributed by atoms with Crippen LogP contribution in [0.15, 0.2) is 90.4 Å². The molecule has 1 aliphatic heterocycles. The Kier molecular flexibility index (Phi) is 7.33. The van der Waals surface area contributed by atoms with Crippen LogP contribution in [0.25, 0.3) is 39.9 Å². The second-order valence-corrected chi connectivity index (χ2v) is 10.5. The lowest BCUT2D eigenvalue weighted by Crippen LogP contribution is -2.17. The smallest absolute Gasteiger partial charge is 0.263 e. The molecule has 7 rings (SSSR count). The van der Waals surface area contributed by atoms with Gasteiger partial charge >= 0.3 is 0 Å². The van der Waals surface area contributed by atoms with Gasteiger partial charge in [0, 0.05) is 29.1 Å². The Balaban J connectivity index is 0.000000157. The van der Waals surface area contributed by atoms with E-state index in [0.717, 1.165) is 0 Å². The van der Waals surface area contributed by atoms with Crippen molar-refractivity contribution in [1.82, 2.24) is 34.5 Å². The van der Waals surface area contributed by atoms with E-state index in [1.165, 1.54) is 34.6 Å². The molecule has 4 aromatic heterocycles. The Hall–Kier alpha value is -5.14. The number of rotatable bonds is 4. The summed E-state index contributed by atoms with van der Waals surface area (Å²) in [7, 11) is 0. The number of aldehydes is 1. The molecular weight excluding hydrogens is 580 g/mol. The summed E-state index contributed by atoms with van der Waals surface area (Å²) in [6.07, 6.45) is 8.76. The molecule has 2 aromatic carbocycles. The lowest BCUT2D eigenvalue weighted by atomic mass is 10.1. The molecule has 0 saturated carbocycles. The summed E-state index contributed by atoms with van der Waals surface area (Å²) in [5.74, 6) is -0.930. The summed E-state index contributed by atoms with van der Waals surface area (Å²) in [5, 5.41) is 10.7. The number of nitrogens with one attached hydrogen (secondary N) is 1. The number of hydrogen-bond acceptors (Lipinski definition) is 8. The van der Waals surface area contributed by atoms with E-state index in [4.69, 9.17) is 12.2 Å². The number of halogens is 2. The first kappa shape index (κ1) is 27.1. The Morgan fingerprint density at radius 3 is 1.81 bits per heavy atom. The van der Waals surface area contributed by atoms with Crippen LogP contribution in [0, 0.1) is 11.6 Å². The number of aromatic nitrogens is 6.